The topological polar surface area (TPSA) is 80.7 Å². The Hall–Kier alpha value is -2.98. The molecule has 0 N–H and O–H groups in total. The summed E-state index contributed by atoms with van der Waals surface area (Å²) in [4.78, 5) is 29.6. The van der Waals surface area contributed by atoms with E-state index in [2.05, 4.69) is 4.98 Å². The quantitative estimate of drug-likeness (QED) is 0.696. The molecule has 3 aromatic rings. The van der Waals surface area contributed by atoms with Crippen molar-refractivity contribution in [1.82, 2.24) is 14.1 Å². The van der Waals surface area contributed by atoms with Crippen LogP contribution in [0.1, 0.15) is 40.7 Å². The normalized spacial score (nSPS) is 13.5. The Morgan fingerprint density at radius 2 is 2.00 bits per heavy atom. The van der Waals surface area contributed by atoms with Gasteiger partial charge in [-0.05, 0) is 18.4 Å². The molecule has 1 fully saturated rings. The Labute approximate surface area is 153 Å². The molecule has 1 aliphatic rings. The van der Waals surface area contributed by atoms with Crippen molar-refractivity contribution < 1.29 is 0 Å². The monoisotopic (exact) mass is 364 g/mol. The van der Waals surface area contributed by atoms with Crippen LogP contribution in [0, 0.1) is 11.3 Å². The van der Waals surface area contributed by atoms with E-state index in [0.717, 1.165) is 28.0 Å². The van der Waals surface area contributed by atoms with Crippen LogP contribution >= 0.6 is 11.3 Å². The van der Waals surface area contributed by atoms with Crippen molar-refractivity contribution in [3.8, 4) is 6.07 Å². The van der Waals surface area contributed by atoms with Crippen molar-refractivity contribution in [2.75, 3.05) is 0 Å². The summed E-state index contributed by atoms with van der Waals surface area (Å²) in [6, 6.07) is 12.0. The van der Waals surface area contributed by atoms with Gasteiger partial charge in [-0.2, -0.15) is 5.26 Å². The number of aromatic nitrogens is 3. The first-order valence-electron chi connectivity index (χ1n) is 8.39. The third kappa shape index (κ3) is 3.24. The summed E-state index contributed by atoms with van der Waals surface area (Å²) in [7, 11) is 0. The summed E-state index contributed by atoms with van der Waals surface area (Å²) in [5.74, 6) is 0. The van der Waals surface area contributed by atoms with Crippen LogP contribution in [-0.4, -0.2) is 14.1 Å². The third-order valence-electron chi connectivity index (χ3n) is 4.37. The summed E-state index contributed by atoms with van der Waals surface area (Å²) < 4.78 is 2.63. The first-order chi connectivity index (χ1) is 12.7. The van der Waals surface area contributed by atoms with Crippen LogP contribution in [0.4, 0.5) is 0 Å². The zero-order chi connectivity index (χ0) is 18.1. The molecule has 0 amide bonds. The lowest BCUT2D eigenvalue weighted by Gasteiger charge is -2.09. The molecule has 0 spiro atoms. The first kappa shape index (κ1) is 16.5. The van der Waals surface area contributed by atoms with E-state index in [1.54, 1.807) is 0 Å². The minimum absolute atomic E-state index is 0.00348. The largest absolute Gasteiger partial charge is 0.331 e. The van der Waals surface area contributed by atoms with Gasteiger partial charge in [0.2, 0.25) is 0 Å². The van der Waals surface area contributed by atoms with Gasteiger partial charge in [-0.15, -0.1) is 11.3 Å². The lowest BCUT2D eigenvalue weighted by Crippen LogP contribution is -2.41. The molecule has 4 rings (SSSR count). The fourth-order valence-corrected chi connectivity index (χ4v) is 3.71. The van der Waals surface area contributed by atoms with Gasteiger partial charge in [-0.1, -0.05) is 30.3 Å². The predicted octanol–water partition coefficient (Wildman–Crippen LogP) is 2.31. The standard InChI is InChI=1S/C19H16N4O2S/c20-9-14-10-22(16-6-7-16)19(25)23(18(14)24)11-15-12-26-17(21-15)8-13-4-2-1-3-5-13/h1-5,10,12,16H,6-8,11H2. The maximum absolute atomic E-state index is 12.6. The molecule has 7 heteroatoms. The molecule has 26 heavy (non-hydrogen) atoms. The maximum Gasteiger partial charge on any atom is 0.331 e. The van der Waals surface area contributed by atoms with Gasteiger partial charge in [0.25, 0.3) is 5.56 Å². The number of benzene rings is 1. The van der Waals surface area contributed by atoms with Gasteiger partial charge in [0.1, 0.15) is 11.6 Å². The number of hydrogen-bond donors (Lipinski definition) is 0. The van der Waals surface area contributed by atoms with Crippen LogP contribution in [0.3, 0.4) is 0 Å². The summed E-state index contributed by atoms with van der Waals surface area (Å²) >= 11 is 1.51. The van der Waals surface area contributed by atoms with Crippen molar-refractivity contribution in [2.24, 2.45) is 0 Å². The Morgan fingerprint density at radius 1 is 1.23 bits per heavy atom. The predicted molar refractivity (Wildman–Crippen MR) is 98.4 cm³/mol. The van der Waals surface area contributed by atoms with Crippen LogP contribution in [-0.2, 0) is 13.0 Å². The number of thiazole rings is 1. The summed E-state index contributed by atoms with van der Waals surface area (Å²) in [5, 5.41) is 12.0. The van der Waals surface area contributed by atoms with Crippen molar-refractivity contribution in [1.29, 1.82) is 5.26 Å². The Bertz CT molecular complexity index is 1100. The zero-order valence-corrected chi connectivity index (χ0v) is 14.8. The van der Waals surface area contributed by atoms with Crippen molar-refractivity contribution in [3.05, 3.63) is 84.6 Å². The first-order valence-corrected chi connectivity index (χ1v) is 9.27. The second-order valence-corrected chi connectivity index (χ2v) is 7.30. The van der Waals surface area contributed by atoms with Gasteiger partial charge < -0.3 is 0 Å². The van der Waals surface area contributed by atoms with E-state index in [9.17, 15) is 14.9 Å². The molecule has 1 aromatic carbocycles. The van der Waals surface area contributed by atoms with Gasteiger partial charge in [0.05, 0.1) is 17.2 Å². The molecule has 0 radical (unpaired) electrons. The van der Waals surface area contributed by atoms with E-state index in [-0.39, 0.29) is 23.8 Å². The van der Waals surface area contributed by atoms with Gasteiger partial charge >= 0.3 is 5.69 Å². The lowest BCUT2D eigenvalue weighted by molar-refractivity contribution is 0.584. The highest BCUT2D eigenvalue weighted by Crippen LogP contribution is 2.33. The van der Waals surface area contributed by atoms with Crippen molar-refractivity contribution in [3.63, 3.8) is 0 Å². The molecule has 2 heterocycles. The van der Waals surface area contributed by atoms with Crippen LogP contribution in [0.25, 0.3) is 0 Å². The van der Waals surface area contributed by atoms with Crippen LogP contribution in [0.2, 0.25) is 0 Å². The van der Waals surface area contributed by atoms with Crippen molar-refractivity contribution >= 4 is 11.3 Å². The highest BCUT2D eigenvalue weighted by molar-refractivity contribution is 7.09. The number of rotatable bonds is 5. The zero-order valence-electron chi connectivity index (χ0n) is 14.0. The minimum Gasteiger partial charge on any atom is -0.296 e. The highest BCUT2D eigenvalue weighted by atomic mass is 32.1. The molecule has 2 aromatic heterocycles. The number of nitrogens with zero attached hydrogens (tertiary/aromatic N) is 4. The molecule has 1 aliphatic carbocycles. The van der Waals surface area contributed by atoms with Crippen LogP contribution in [0.5, 0.6) is 0 Å². The van der Waals surface area contributed by atoms with Gasteiger partial charge in [0.15, 0.2) is 0 Å². The van der Waals surface area contributed by atoms with Gasteiger partial charge in [0, 0.05) is 24.0 Å². The molecule has 0 aliphatic heterocycles. The second kappa shape index (κ2) is 6.73. The molecule has 0 atom stereocenters. The smallest absolute Gasteiger partial charge is 0.296 e. The average Bonchev–Trinajstić information content (AvgIpc) is 3.40. The van der Waals surface area contributed by atoms with Gasteiger partial charge in [-0.3, -0.25) is 13.9 Å². The Morgan fingerprint density at radius 3 is 2.69 bits per heavy atom. The molecule has 1 saturated carbocycles. The SMILES string of the molecule is N#Cc1cn(C2CC2)c(=O)n(Cc2csc(Cc3ccccc3)n2)c1=O. The highest BCUT2D eigenvalue weighted by Gasteiger charge is 2.27. The van der Waals surface area contributed by atoms with E-state index in [0.29, 0.717) is 12.1 Å². The third-order valence-corrected chi connectivity index (χ3v) is 5.27. The summed E-state index contributed by atoms with van der Waals surface area (Å²) in [5.41, 5.74) is 0.906. The Balaban J connectivity index is 1.64. The van der Waals surface area contributed by atoms with E-state index >= 15 is 0 Å². The molecular weight excluding hydrogens is 348 g/mol. The molecule has 0 bridgehead atoms. The number of hydrogen-bond acceptors (Lipinski definition) is 5. The summed E-state index contributed by atoms with van der Waals surface area (Å²) in [6.45, 7) is 0.0885. The number of nitriles is 1. The molecule has 6 nitrogen and oxygen atoms in total. The van der Waals surface area contributed by atoms with E-state index in [1.807, 2.05) is 41.8 Å². The van der Waals surface area contributed by atoms with Gasteiger partial charge in [-0.25, -0.2) is 9.78 Å². The molecule has 0 saturated heterocycles. The van der Waals surface area contributed by atoms with Crippen molar-refractivity contribution in [2.45, 2.75) is 31.8 Å². The summed E-state index contributed by atoms with van der Waals surface area (Å²) in [6.07, 6.45) is 3.91. The fraction of sp³-hybridized carbons (Fsp3) is 0.263. The Kier molecular flexibility index (Phi) is 4.27. The maximum atomic E-state index is 12.6. The average molecular weight is 364 g/mol. The van der Waals surface area contributed by atoms with Crippen LogP contribution < -0.4 is 11.2 Å². The van der Waals surface area contributed by atoms with Crippen LogP contribution in [0.15, 0.2) is 51.5 Å². The fourth-order valence-electron chi connectivity index (χ4n) is 2.89. The minimum atomic E-state index is -0.549. The van der Waals surface area contributed by atoms with E-state index in [4.69, 9.17) is 0 Å². The molecular formula is C19H16N4O2S. The second-order valence-electron chi connectivity index (χ2n) is 6.36. The molecule has 130 valence electrons. The molecule has 0 unspecified atom stereocenters. The van der Waals surface area contributed by atoms with E-state index in [1.165, 1.54) is 22.1 Å². The lowest BCUT2D eigenvalue weighted by atomic mass is 10.2. The van der Waals surface area contributed by atoms with E-state index < -0.39 is 5.56 Å².